The molecule has 1 aliphatic rings. The highest BCUT2D eigenvalue weighted by atomic mass is 14.8. The molecule has 0 unspecified atom stereocenters. The zero-order valence-corrected chi connectivity index (χ0v) is 23.0. The molecule has 0 saturated heterocycles. The van der Waals surface area contributed by atoms with E-state index in [-0.39, 0.29) is 5.41 Å². The van der Waals surface area contributed by atoms with Crippen LogP contribution >= 0.6 is 0 Å². The Kier molecular flexibility index (Phi) is 10.1. The van der Waals surface area contributed by atoms with Gasteiger partial charge in [-0.1, -0.05) is 85.3 Å². The van der Waals surface area contributed by atoms with E-state index in [1.165, 1.54) is 33.4 Å². The van der Waals surface area contributed by atoms with Crippen LogP contribution in [0.5, 0.6) is 0 Å². The van der Waals surface area contributed by atoms with Crippen molar-refractivity contribution in [3.05, 3.63) is 131 Å². The number of allylic oxidation sites excluding steroid dienone is 9. The lowest BCUT2D eigenvalue weighted by molar-refractivity contribution is 0.930. The summed E-state index contributed by atoms with van der Waals surface area (Å²) in [4.78, 5) is 0. The van der Waals surface area contributed by atoms with Crippen LogP contribution in [0.25, 0.3) is 11.1 Å². The predicted octanol–water partition coefficient (Wildman–Crippen LogP) is 8.88. The summed E-state index contributed by atoms with van der Waals surface area (Å²) in [7, 11) is 1.92. The Hall–Kier alpha value is -3.76. The van der Waals surface area contributed by atoms with Crippen molar-refractivity contribution in [1.29, 1.82) is 0 Å². The van der Waals surface area contributed by atoms with Gasteiger partial charge in [0, 0.05) is 12.7 Å². The van der Waals surface area contributed by atoms with Crippen molar-refractivity contribution in [2.75, 3.05) is 7.05 Å². The van der Waals surface area contributed by atoms with Crippen LogP contribution in [0.2, 0.25) is 0 Å². The van der Waals surface area contributed by atoms with E-state index in [0.717, 1.165) is 35.3 Å². The molecule has 0 amide bonds. The third kappa shape index (κ3) is 7.37. The molecule has 1 N–H and O–H groups in total. The van der Waals surface area contributed by atoms with Crippen molar-refractivity contribution in [2.45, 2.75) is 52.9 Å². The van der Waals surface area contributed by atoms with Crippen molar-refractivity contribution >= 4 is 11.1 Å². The van der Waals surface area contributed by atoms with E-state index in [4.69, 9.17) is 6.42 Å². The largest absolute Gasteiger partial charge is 0.392 e. The summed E-state index contributed by atoms with van der Waals surface area (Å²) in [6.45, 7) is 22.3. The van der Waals surface area contributed by atoms with Gasteiger partial charge in [-0.15, -0.1) is 6.42 Å². The molecule has 2 aromatic carbocycles. The van der Waals surface area contributed by atoms with Crippen LogP contribution < -0.4 is 5.32 Å². The molecule has 1 saturated carbocycles. The Bertz CT molecular complexity index is 1270. The average molecular weight is 476 g/mol. The van der Waals surface area contributed by atoms with Crippen molar-refractivity contribution in [1.82, 2.24) is 5.32 Å². The first-order chi connectivity index (χ1) is 17.1. The highest BCUT2D eigenvalue weighted by molar-refractivity contribution is 5.78. The number of aryl methyl sites for hydroxylation is 2. The molecule has 1 heteroatoms. The van der Waals surface area contributed by atoms with Gasteiger partial charge in [-0.05, 0) is 105 Å². The first-order valence-electron chi connectivity index (χ1n) is 12.5. The van der Waals surface area contributed by atoms with Gasteiger partial charge in [-0.25, -0.2) is 0 Å². The first-order valence-corrected chi connectivity index (χ1v) is 12.5. The van der Waals surface area contributed by atoms with Gasteiger partial charge in [0.15, 0.2) is 0 Å². The monoisotopic (exact) mass is 475 g/mol. The molecule has 2 aromatic rings. The Balaban J connectivity index is 0.000000278. The fraction of sp³-hybridized carbons (Fsp3) is 0.257. The number of rotatable bonds is 8. The number of benzene rings is 2. The Morgan fingerprint density at radius 1 is 1.00 bits per heavy atom. The van der Waals surface area contributed by atoms with E-state index in [0.29, 0.717) is 0 Å². The number of hydrogen-bond acceptors (Lipinski definition) is 1. The minimum Gasteiger partial charge on any atom is -0.392 e. The third-order valence-corrected chi connectivity index (χ3v) is 6.67. The summed E-state index contributed by atoms with van der Waals surface area (Å²) >= 11 is 0. The molecule has 186 valence electrons. The summed E-state index contributed by atoms with van der Waals surface area (Å²) in [6.07, 6.45) is 15.9. The number of nitrogens with one attached hydrogen (secondary N) is 1. The van der Waals surface area contributed by atoms with Gasteiger partial charge in [-0.3, -0.25) is 0 Å². The van der Waals surface area contributed by atoms with Crippen LogP contribution in [-0.2, 0) is 5.41 Å². The molecule has 3 rings (SSSR count). The molecular formula is C35H41N. The van der Waals surface area contributed by atoms with E-state index in [1.807, 2.05) is 33.0 Å². The topological polar surface area (TPSA) is 12.0 Å². The average Bonchev–Trinajstić information content (AvgIpc) is 3.68. The highest BCUT2D eigenvalue weighted by Crippen LogP contribution is 2.47. The quantitative estimate of drug-likeness (QED) is 0.297. The summed E-state index contributed by atoms with van der Waals surface area (Å²) in [5.74, 6) is 2.91. The molecular weight excluding hydrogens is 434 g/mol. The molecule has 0 heterocycles. The van der Waals surface area contributed by atoms with Gasteiger partial charge in [-0.2, -0.15) is 0 Å². The minimum atomic E-state index is 0.0471. The van der Waals surface area contributed by atoms with Gasteiger partial charge >= 0.3 is 0 Å². The molecule has 0 atom stereocenters. The molecule has 0 aliphatic heterocycles. The van der Waals surface area contributed by atoms with Crippen molar-refractivity contribution in [3.8, 4) is 12.3 Å². The van der Waals surface area contributed by atoms with Gasteiger partial charge < -0.3 is 5.32 Å². The van der Waals surface area contributed by atoms with Gasteiger partial charge in [0.1, 0.15) is 0 Å². The second-order valence-corrected chi connectivity index (χ2v) is 9.63. The molecule has 0 spiro atoms. The molecule has 1 nitrogen and oxygen atoms in total. The van der Waals surface area contributed by atoms with Crippen LogP contribution in [0.3, 0.4) is 0 Å². The maximum absolute atomic E-state index is 5.55. The fourth-order valence-corrected chi connectivity index (χ4v) is 4.00. The van der Waals surface area contributed by atoms with Crippen LogP contribution in [0.1, 0.15) is 61.4 Å². The number of terminal acetylenes is 1. The van der Waals surface area contributed by atoms with Crippen molar-refractivity contribution in [3.63, 3.8) is 0 Å². The van der Waals surface area contributed by atoms with Crippen LogP contribution in [0, 0.1) is 26.2 Å². The minimum absolute atomic E-state index is 0.0471. The summed E-state index contributed by atoms with van der Waals surface area (Å²) in [5.41, 5.74) is 11.9. The SMILES string of the molecule is C#CC1(c2cccc(C(=C)C)c2)CC1.C=C\C(=C/C(C=C)=C(C)/C=C(\C)NC)c1cc(C)ccc1C. The summed E-state index contributed by atoms with van der Waals surface area (Å²) in [5, 5.41) is 3.14. The van der Waals surface area contributed by atoms with Gasteiger partial charge in [0.2, 0.25) is 0 Å². The third-order valence-electron chi connectivity index (χ3n) is 6.67. The summed E-state index contributed by atoms with van der Waals surface area (Å²) < 4.78 is 0. The molecule has 1 aliphatic carbocycles. The van der Waals surface area contributed by atoms with E-state index in [2.05, 4.69) is 106 Å². The normalized spacial score (nSPS) is 14.9. The maximum atomic E-state index is 5.55. The zero-order chi connectivity index (χ0) is 26.9. The van der Waals surface area contributed by atoms with Crippen LogP contribution in [0.15, 0.2) is 103 Å². The lowest BCUT2D eigenvalue weighted by atomic mass is 9.94. The summed E-state index contributed by atoms with van der Waals surface area (Å²) in [6, 6.07) is 14.9. The fourth-order valence-electron chi connectivity index (χ4n) is 4.00. The molecule has 0 radical (unpaired) electrons. The van der Waals surface area contributed by atoms with Crippen molar-refractivity contribution in [2.24, 2.45) is 0 Å². The van der Waals surface area contributed by atoms with Gasteiger partial charge in [0.25, 0.3) is 0 Å². The molecule has 36 heavy (non-hydrogen) atoms. The second kappa shape index (κ2) is 12.8. The van der Waals surface area contributed by atoms with E-state index in [1.54, 1.807) is 0 Å². The van der Waals surface area contributed by atoms with Crippen LogP contribution in [0.4, 0.5) is 0 Å². The van der Waals surface area contributed by atoms with E-state index >= 15 is 0 Å². The van der Waals surface area contributed by atoms with Gasteiger partial charge in [0.05, 0.1) is 5.41 Å². The number of hydrogen-bond donors (Lipinski definition) is 1. The lowest BCUT2D eigenvalue weighted by Gasteiger charge is -2.10. The van der Waals surface area contributed by atoms with Crippen LogP contribution in [-0.4, -0.2) is 7.05 Å². The molecule has 0 aromatic heterocycles. The first kappa shape index (κ1) is 28.5. The smallest absolute Gasteiger partial charge is 0.0561 e. The zero-order valence-electron chi connectivity index (χ0n) is 23.0. The van der Waals surface area contributed by atoms with E-state index < -0.39 is 0 Å². The van der Waals surface area contributed by atoms with E-state index in [9.17, 15) is 0 Å². The molecule has 1 fully saturated rings. The standard InChI is InChI=1S/C21H27N.C14H14/c1-8-19(17(5)13-18(6)22-7)14-20(9-2)21-12-15(3)10-11-16(21)4;1-4-14(8-9-14)13-7-5-6-12(10-13)11(2)3/h8-14,22H,1-2H2,3-7H3;1,5-7,10H,2,8-9H2,3H3/b18-13+,19-17+,20-14+;. The highest BCUT2D eigenvalue weighted by Gasteiger charge is 2.42. The Labute approximate surface area is 219 Å². The molecule has 0 bridgehead atoms. The lowest BCUT2D eigenvalue weighted by Crippen LogP contribution is -2.02. The Morgan fingerprint density at radius 2 is 1.69 bits per heavy atom. The predicted molar refractivity (Wildman–Crippen MR) is 161 cm³/mol. The van der Waals surface area contributed by atoms with Crippen molar-refractivity contribution < 1.29 is 0 Å². The maximum Gasteiger partial charge on any atom is 0.0561 e. The Morgan fingerprint density at radius 3 is 2.22 bits per heavy atom. The second-order valence-electron chi connectivity index (χ2n) is 9.63.